The predicted octanol–water partition coefficient (Wildman–Crippen LogP) is 2.11. The Morgan fingerprint density at radius 1 is 1.21 bits per heavy atom. The van der Waals surface area contributed by atoms with Gasteiger partial charge in [0.1, 0.15) is 13.2 Å². The Morgan fingerprint density at radius 2 is 2.00 bits per heavy atom. The predicted molar refractivity (Wildman–Crippen MR) is 100 cm³/mol. The summed E-state index contributed by atoms with van der Waals surface area (Å²) in [5.41, 5.74) is 0.933. The average molecular weight is 383 g/mol. The maximum Gasteiger partial charge on any atom is 0.308 e. The molecule has 3 rings (SSSR count). The van der Waals surface area contributed by atoms with Gasteiger partial charge in [0.05, 0.1) is 5.92 Å². The fraction of sp³-hybridized carbons (Fsp3) is 0.300. The van der Waals surface area contributed by atoms with Crippen LogP contribution >= 0.6 is 0 Å². The lowest BCUT2D eigenvalue weighted by atomic mass is 9.95. The number of hydrogen-bond acceptors (Lipinski definition) is 6. The first-order chi connectivity index (χ1) is 13.5. The number of fused-ring (bicyclic) bond motifs is 1. The summed E-state index contributed by atoms with van der Waals surface area (Å²) in [6.45, 7) is 1.50. The van der Waals surface area contributed by atoms with Gasteiger partial charge in [0.15, 0.2) is 5.82 Å². The number of carbonyl (C=O) groups excluding carboxylic acids is 1. The standard InChI is InChI=1S/C20H21N3O5/c1-13-22-19(28-23-13)12-27-11-18(24)21-10-16(20(25)26)9-15-7-4-6-14-5-2-3-8-17(14)15/h2-8,16H,9-12H2,1H3,(H,21,24)(H,25,26). The number of aryl methyl sites for hydroxylation is 1. The van der Waals surface area contributed by atoms with E-state index in [9.17, 15) is 14.7 Å². The van der Waals surface area contributed by atoms with Crippen LogP contribution in [0.1, 0.15) is 17.3 Å². The smallest absolute Gasteiger partial charge is 0.308 e. The van der Waals surface area contributed by atoms with Crippen molar-refractivity contribution in [3.63, 3.8) is 0 Å². The molecule has 0 fully saturated rings. The van der Waals surface area contributed by atoms with Gasteiger partial charge in [0.25, 0.3) is 5.89 Å². The Bertz CT molecular complexity index is 964. The van der Waals surface area contributed by atoms with Crippen LogP contribution in [0.4, 0.5) is 0 Å². The van der Waals surface area contributed by atoms with Gasteiger partial charge in [-0.1, -0.05) is 47.6 Å². The number of nitrogens with one attached hydrogen (secondary N) is 1. The summed E-state index contributed by atoms with van der Waals surface area (Å²) in [5, 5.41) is 17.8. The van der Waals surface area contributed by atoms with Gasteiger partial charge in [-0.2, -0.15) is 4.98 Å². The van der Waals surface area contributed by atoms with E-state index in [1.807, 2.05) is 42.5 Å². The highest BCUT2D eigenvalue weighted by Crippen LogP contribution is 2.21. The number of benzene rings is 2. The number of carbonyl (C=O) groups is 2. The molecule has 146 valence electrons. The minimum Gasteiger partial charge on any atom is -0.481 e. The van der Waals surface area contributed by atoms with Gasteiger partial charge < -0.3 is 19.7 Å². The van der Waals surface area contributed by atoms with E-state index in [-0.39, 0.29) is 25.6 Å². The second-order valence-corrected chi connectivity index (χ2v) is 6.41. The Morgan fingerprint density at radius 3 is 2.75 bits per heavy atom. The van der Waals surface area contributed by atoms with Crippen molar-refractivity contribution >= 4 is 22.6 Å². The van der Waals surface area contributed by atoms with Crippen LogP contribution in [0.3, 0.4) is 0 Å². The first-order valence-electron chi connectivity index (χ1n) is 8.86. The zero-order valence-electron chi connectivity index (χ0n) is 15.4. The van der Waals surface area contributed by atoms with Crippen molar-refractivity contribution < 1.29 is 24.0 Å². The summed E-state index contributed by atoms with van der Waals surface area (Å²) in [6.07, 6.45) is 0.319. The van der Waals surface area contributed by atoms with Gasteiger partial charge in [-0.15, -0.1) is 0 Å². The molecule has 1 heterocycles. The number of rotatable bonds is 9. The number of hydrogen-bond donors (Lipinski definition) is 2. The van der Waals surface area contributed by atoms with E-state index in [1.165, 1.54) is 0 Å². The second-order valence-electron chi connectivity index (χ2n) is 6.41. The maximum atomic E-state index is 11.9. The van der Waals surface area contributed by atoms with Crippen molar-refractivity contribution in [1.82, 2.24) is 15.5 Å². The molecular formula is C20H21N3O5. The topological polar surface area (TPSA) is 115 Å². The van der Waals surface area contributed by atoms with E-state index in [2.05, 4.69) is 15.5 Å². The third-order valence-electron chi connectivity index (χ3n) is 4.27. The van der Waals surface area contributed by atoms with Crippen molar-refractivity contribution in [2.24, 2.45) is 5.92 Å². The Labute approximate surface area is 161 Å². The molecule has 2 aromatic carbocycles. The Hall–Kier alpha value is -3.26. The molecule has 28 heavy (non-hydrogen) atoms. The zero-order valence-corrected chi connectivity index (χ0v) is 15.4. The molecule has 0 aliphatic rings. The van der Waals surface area contributed by atoms with E-state index >= 15 is 0 Å². The first-order valence-corrected chi connectivity index (χ1v) is 8.86. The summed E-state index contributed by atoms with van der Waals surface area (Å²) in [7, 11) is 0. The van der Waals surface area contributed by atoms with E-state index < -0.39 is 17.8 Å². The molecular weight excluding hydrogens is 362 g/mol. The highest BCUT2D eigenvalue weighted by atomic mass is 16.5. The van der Waals surface area contributed by atoms with Crippen molar-refractivity contribution in [1.29, 1.82) is 0 Å². The minimum absolute atomic E-state index is 0.0143. The van der Waals surface area contributed by atoms with Gasteiger partial charge in [-0.25, -0.2) is 0 Å². The molecule has 8 nitrogen and oxygen atoms in total. The monoisotopic (exact) mass is 383 g/mol. The van der Waals surface area contributed by atoms with Crippen LogP contribution in [-0.4, -0.2) is 40.3 Å². The van der Waals surface area contributed by atoms with Crippen LogP contribution in [0.15, 0.2) is 47.0 Å². The number of aromatic nitrogens is 2. The number of carboxylic acid groups (broad SMARTS) is 1. The summed E-state index contributed by atoms with van der Waals surface area (Å²) in [5.74, 6) is -1.34. The fourth-order valence-electron chi connectivity index (χ4n) is 2.90. The normalized spacial score (nSPS) is 12.0. The van der Waals surface area contributed by atoms with Crippen LogP contribution in [0, 0.1) is 12.8 Å². The lowest BCUT2D eigenvalue weighted by Gasteiger charge is -2.15. The van der Waals surface area contributed by atoms with Crippen molar-refractivity contribution in [2.75, 3.05) is 13.2 Å². The Kier molecular flexibility index (Phi) is 6.33. The number of ether oxygens (including phenoxy) is 1. The molecule has 0 bridgehead atoms. The molecule has 0 saturated heterocycles. The number of carboxylic acids is 1. The number of nitrogens with zero attached hydrogens (tertiary/aromatic N) is 2. The molecule has 1 atom stereocenters. The average Bonchev–Trinajstić information content (AvgIpc) is 3.10. The van der Waals surface area contributed by atoms with Crippen LogP contribution in [0.25, 0.3) is 10.8 Å². The van der Waals surface area contributed by atoms with Crippen molar-refractivity contribution in [2.45, 2.75) is 20.0 Å². The molecule has 3 aromatic rings. The van der Waals surface area contributed by atoms with Crippen LogP contribution < -0.4 is 5.32 Å². The highest BCUT2D eigenvalue weighted by Gasteiger charge is 2.20. The molecule has 0 radical (unpaired) electrons. The largest absolute Gasteiger partial charge is 0.481 e. The van der Waals surface area contributed by atoms with E-state index in [0.29, 0.717) is 12.2 Å². The van der Waals surface area contributed by atoms with Crippen LogP contribution in [0.5, 0.6) is 0 Å². The lowest BCUT2D eigenvalue weighted by molar-refractivity contribution is -0.141. The van der Waals surface area contributed by atoms with Gasteiger partial charge in [0, 0.05) is 6.54 Å². The Balaban J connectivity index is 1.53. The molecule has 2 N–H and O–H groups in total. The third kappa shape index (κ3) is 5.14. The van der Waals surface area contributed by atoms with Crippen LogP contribution in [0.2, 0.25) is 0 Å². The van der Waals surface area contributed by atoms with E-state index in [4.69, 9.17) is 9.26 Å². The van der Waals surface area contributed by atoms with Gasteiger partial charge in [-0.3, -0.25) is 9.59 Å². The molecule has 1 aromatic heterocycles. The summed E-state index contributed by atoms with van der Waals surface area (Å²) in [4.78, 5) is 27.5. The molecule has 8 heteroatoms. The summed E-state index contributed by atoms with van der Waals surface area (Å²) in [6, 6.07) is 13.6. The maximum absolute atomic E-state index is 11.9. The lowest BCUT2D eigenvalue weighted by Crippen LogP contribution is -2.36. The molecule has 0 saturated carbocycles. The van der Waals surface area contributed by atoms with Gasteiger partial charge >= 0.3 is 5.97 Å². The summed E-state index contributed by atoms with van der Waals surface area (Å²) < 4.78 is 10.1. The van der Waals surface area contributed by atoms with Crippen molar-refractivity contribution in [3.8, 4) is 0 Å². The van der Waals surface area contributed by atoms with Crippen LogP contribution in [-0.2, 0) is 27.4 Å². The first kappa shape index (κ1) is 19.5. The van der Waals surface area contributed by atoms with Gasteiger partial charge in [-0.05, 0) is 29.7 Å². The number of amides is 1. The van der Waals surface area contributed by atoms with E-state index in [1.54, 1.807) is 6.92 Å². The number of aliphatic carboxylic acids is 1. The second kappa shape index (κ2) is 9.09. The highest BCUT2D eigenvalue weighted by molar-refractivity contribution is 5.86. The quantitative estimate of drug-likeness (QED) is 0.581. The molecule has 1 amide bonds. The molecule has 0 aliphatic carbocycles. The SMILES string of the molecule is Cc1noc(COCC(=O)NCC(Cc2cccc3ccccc23)C(=O)O)n1. The molecule has 0 spiro atoms. The van der Waals surface area contributed by atoms with Gasteiger partial charge in [0.2, 0.25) is 5.91 Å². The molecule has 1 unspecified atom stereocenters. The van der Waals surface area contributed by atoms with Crippen molar-refractivity contribution in [3.05, 3.63) is 59.7 Å². The minimum atomic E-state index is -0.963. The summed E-state index contributed by atoms with van der Waals surface area (Å²) >= 11 is 0. The fourth-order valence-corrected chi connectivity index (χ4v) is 2.90. The van der Waals surface area contributed by atoms with E-state index in [0.717, 1.165) is 16.3 Å². The third-order valence-corrected chi connectivity index (χ3v) is 4.27. The zero-order chi connectivity index (χ0) is 19.9. The molecule has 0 aliphatic heterocycles.